The van der Waals surface area contributed by atoms with Crippen molar-refractivity contribution in [3.8, 4) is 0 Å². The molecule has 0 radical (unpaired) electrons. The van der Waals surface area contributed by atoms with Crippen molar-refractivity contribution in [3.05, 3.63) is 30.1 Å². The molecule has 1 aromatic rings. The molecule has 0 saturated heterocycles. The zero-order valence-electron chi connectivity index (χ0n) is 9.16. The Labute approximate surface area is 86.8 Å². The maximum atomic E-state index is 4.11. The lowest BCUT2D eigenvalue weighted by molar-refractivity contribution is 0.510. The summed E-state index contributed by atoms with van der Waals surface area (Å²) in [5.41, 5.74) is 1.33. The minimum atomic E-state index is 0.686. The van der Waals surface area contributed by atoms with E-state index >= 15 is 0 Å². The second-order valence-electron chi connectivity index (χ2n) is 3.87. The number of hydrogen-bond donors (Lipinski definition) is 1. The maximum absolute atomic E-state index is 4.11. The monoisotopic (exact) mass is 192 g/mol. The van der Waals surface area contributed by atoms with E-state index in [1.165, 1.54) is 12.0 Å². The number of aromatic nitrogens is 1. The summed E-state index contributed by atoms with van der Waals surface area (Å²) in [6.07, 6.45) is 6.10. The van der Waals surface area contributed by atoms with Crippen LogP contribution < -0.4 is 5.32 Å². The Bertz CT molecular complexity index is 233. The summed E-state index contributed by atoms with van der Waals surface area (Å²) in [4.78, 5) is 4.11. The van der Waals surface area contributed by atoms with E-state index in [4.69, 9.17) is 0 Å². The molecule has 1 N–H and O–H groups in total. The standard InChI is InChI=1S/C12H20N2/c1-3-6-13-9-11(2)8-12-5-4-7-14-10-12/h4-5,7,10-11,13H,3,6,8-9H2,1-2H3. The number of hydrogen-bond acceptors (Lipinski definition) is 2. The van der Waals surface area contributed by atoms with Gasteiger partial charge in [-0.1, -0.05) is 19.9 Å². The van der Waals surface area contributed by atoms with Crippen molar-refractivity contribution in [2.45, 2.75) is 26.7 Å². The van der Waals surface area contributed by atoms with Gasteiger partial charge in [-0.15, -0.1) is 0 Å². The molecule has 1 heterocycles. The molecule has 2 heteroatoms. The molecule has 0 bridgehead atoms. The summed E-state index contributed by atoms with van der Waals surface area (Å²) in [6.45, 7) is 6.69. The zero-order chi connectivity index (χ0) is 10.2. The molecule has 0 spiro atoms. The van der Waals surface area contributed by atoms with E-state index in [-0.39, 0.29) is 0 Å². The fraction of sp³-hybridized carbons (Fsp3) is 0.583. The summed E-state index contributed by atoms with van der Waals surface area (Å²) in [5, 5.41) is 3.43. The van der Waals surface area contributed by atoms with Gasteiger partial charge in [0.2, 0.25) is 0 Å². The first-order valence-corrected chi connectivity index (χ1v) is 5.42. The highest BCUT2D eigenvalue weighted by Crippen LogP contribution is 2.05. The number of nitrogens with one attached hydrogen (secondary N) is 1. The smallest absolute Gasteiger partial charge is 0.0299 e. The first-order valence-electron chi connectivity index (χ1n) is 5.42. The third-order valence-corrected chi connectivity index (χ3v) is 2.23. The fourth-order valence-electron chi connectivity index (χ4n) is 1.52. The molecule has 14 heavy (non-hydrogen) atoms. The lowest BCUT2D eigenvalue weighted by Gasteiger charge is -2.11. The van der Waals surface area contributed by atoms with Crippen LogP contribution in [0.25, 0.3) is 0 Å². The topological polar surface area (TPSA) is 24.9 Å². The molecule has 78 valence electrons. The first kappa shape index (κ1) is 11.2. The molecular formula is C12H20N2. The molecule has 1 atom stereocenters. The average Bonchev–Trinajstić information content (AvgIpc) is 2.20. The molecule has 0 aliphatic heterocycles. The van der Waals surface area contributed by atoms with Gasteiger partial charge in [0, 0.05) is 12.4 Å². The Balaban J connectivity index is 2.23. The van der Waals surface area contributed by atoms with E-state index in [1.807, 2.05) is 18.5 Å². The third kappa shape index (κ3) is 4.38. The molecule has 0 saturated carbocycles. The maximum Gasteiger partial charge on any atom is 0.0299 e. The lowest BCUT2D eigenvalue weighted by Crippen LogP contribution is -2.23. The van der Waals surface area contributed by atoms with E-state index < -0.39 is 0 Å². The molecule has 1 rings (SSSR count). The largest absolute Gasteiger partial charge is 0.316 e. The normalized spacial score (nSPS) is 12.7. The van der Waals surface area contributed by atoms with Gasteiger partial charge in [-0.3, -0.25) is 4.98 Å². The molecule has 0 aromatic carbocycles. The average molecular weight is 192 g/mol. The Kier molecular flexibility index (Phi) is 5.23. The van der Waals surface area contributed by atoms with Gasteiger partial charge in [-0.2, -0.15) is 0 Å². The van der Waals surface area contributed by atoms with E-state index in [2.05, 4.69) is 30.2 Å². The SMILES string of the molecule is CCCNCC(C)Cc1cccnc1. The van der Waals surface area contributed by atoms with Crippen LogP contribution in [0.4, 0.5) is 0 Å². The highest BCUT2D eigenvalue weighted by atomic mass is 14.8. The Morgan fingerprint density at radius 1 is 1.50 bits per heavy atom. The van der Waals surface area contributed by atoms with E-state index in [0.29, 0.717) is 5.92 Å². The van der Waals surface area contributed by atoms with Crippen molar-refractivity contribution < 1.29 is 0 Å². The lowest BCUT2D eigenvalue weighted by atomic mass is 10.0. The van der Waals surface area contributed by atoms with Crippen LogP contribution in [0.1, 0.15) is 25.8 Å². The molecule has 2 nitrogen and oxygen atoms in total. The van der Waals surface area contributed by atoms with Crippen molar-refractivity contribution in [1.82, 2.24) is 10.3 Å². The summed E-state index contributed by atoms with van der Waals surface area (Å²) < 4.78 is 0. The van der Waals surface area contributed by atoms with Crippen LogP contribution in [0.3, 0.4) is 0 Å². The van der Waals surface area contributed by atoms with Gasteiger partial charge in [0.1, 0.15) is 0 Å². The van der Waals surface area contributed by atoms with Gasteiger partial charge in [-0.25, -0.2) is 0 Å². The predicted octanol–water partition coefficient (Wildman–Crippen LogP) is 2.26. The van der Waals surface area contributed by atoms with Crippen LogP contribution in [-0.2, 0) is 6.42 Å². The second-order valence-corrected chi connectivity index (χ2v) is 3.87. The van der Waals surface area contributed by atoms with Gasteiger partial charge in [0.25, 0.3) is 0 Å². The van der Waals surface area contributed by atoms with Crippen LogP contribution in [0, 0.1) is 5.92 Å². The van der Waals surface area contributed by atoms with Crippen LogP contribution in [0.2, 0.25) is 0 Å². The van der Waals surface area contributed by atoms with Crippen molar-refractivity contribution in [2.75, 3.05) is 13.1 Å². The van der Waals surface area contributed by atoms with E-state index in [1.54, 1.807) is 0 Å². The quantitative estimate of drug-likeness (QED) is 0.699. The second kappa shape index (κ2) is 6.55. The zero-order valence-corrected chi connectivity index (χ0v) is 9.16. The van der Waals surface area contributed by atoms with Gasteiger partial charge in [-0.05, 0) is 43.5 Å². The van der Waals surface area contributed by atoms with Crippen molar-refractivity contribution >= 4 is 0 Å². The van der Waals surface area contributed by atoms with Crippen LogP contribution in [0.15, 0.2) is 24.5 Å². The molecule has 0 aliphatic rings. The van der Waals surface area contributed by atoms with Crippen molar-refractivity contribution in [2.24, 2.45) is 5.92 Å². The minimum absolute atomic E-state index is 0.686. The number of rotatable bonds is 6. The molecule has 0 aliphatic carbocycles. The molecular weight excluding hydrogens is 172 g/mol. The van der Waals surface area contributed by atoms with Crippen molar-refractivity contribution in [3.63, 3.8) is 0 Å². The molecule has 1 unspecified atom stereocenters. The summed E-state index contributed by atoms with van der Waals surface area (Å²) in [7, 11) is 0. The minimum Gasteiger partial charge on any atom is -0.316 e. The molecule has 0 fully saturated rings. The molecule has 0 amide bonds. The van der Waals surface area contributed by atoms with Crippen LogP contribution in [-0.4, -0.2) is 18.1 Å². The highest BCUT2D eigenvalue weighted by Gasteiger charge is 2.02. The molecule has 1 aromatic heterocycles. The fourth-order valence-corrected chi connectivity index (χ4v) is 1.52. The predicted molar refractivity (Wildman–Crippen MR) is 60.3 cm³/mol. The Hall–Kier alpha value is -0.890. The number of nitrogens with zero attached hydrogens (tertiary/aromatic N) is 1. The Morgan fingerprint density at radius 2 is 2.36 bits per heavy atom. The van der Waals surface area contributed by atoms with Crippen LogP contribution >= 0.6 is 0 Å². The van der Waals surface area contributed by atoms with Gasteiger partial charge >= 0.3 is 0 Å². The van der Waals surface area contributed by atoms with Gasteiger partial charge in [0.15, 0.2) is 0 Å². The summed E-state index contributed by atoms with van der Waals surface area (Å²) >= 11 is 0. The highest BCUT2D eigenvalue weighted by molar-refractivity contribution is 5.08. The first-order chi connectivity index (χ1) is 6.83. The van der Waals surface area contributed by atoms with Crippen molar-refractivity contribution in [1.29, 1.82) is 0 Å². The summed E-state index contributed by atoms with van der Waals surface area (Å²) in [5.74, 6) is 0.686. The van der Waals surface area contributed by atoms with E-state index in [9.17, 15) is 0 Å². The van der Waals surface area contributed by atoms with Gasteiger partial charge in [0.05, 0.1) is 0 Å². The third-order valence-electron chi connectivity index (χ3n) is 2.23. The van der Waals surface area contributed by atoms with Gasteiger partial charge < -0.3 is 5.32 Å². The van der Waals surface area contributed by atoms with Crippen LogP contribution in [0.5, 0.6) is 0 Å². The summed E-state index contributed by atoms with van der Waals surface area (Å²) in [6, 6.07) is 4.14. The number of pyridine rings is 1. The Morgan fingerprint density at radius 3 is 3.00 bits per heavy atom. The van der Waals surface area contributed by atoms with E-state index in [0.717, 1.165) is 19.5 Å².